The minimum absolute atomic E-state index is 0.0776. The molecular weight excluding hydrogens is 350 g/mol. The highest BCUT2D eigenvalue weighted by atomic mass is 35.5. The third-order valence-corrected chi connectivity index (χ3v) is 4.81. The average Bonchev–Trinajstić information content (AvgIpc) is 2.75. The first-order chi connectivity index (χ1) is 12.2. The fourth-order valence-corrected chi connectivity index (χ4v) is 3.83. The van der Waals surface area contributed by atoms with Crippen LogP contribution in [0.15, 0.2) is 36.4 Å². The number of hydrogen-bond donors (Lipinski definition) is 1. The Balaban J connectivity index is 1.98. The van der Waals surface area contributed by atoms with E-state index >= 15 is 0 Å². The zero-order chi connectivity index (χ0) is 19.1. The van der Waals surface area contributed by atoms with Crippen molar-refractivity contribution in [3.8, 4) is 16.9 Å². The predicted octanol–water partition coefficient (Wildman–Crippen LogP) is 5.51. The standard InChI is InChI=1S/C21H24ClNO3/c1-12(2)25-17-9-14(8-16(22)10-17)13-5-6-18-15(7-13)11-21(3,4)19(18)26-20(23)24/h5-10,12,19H,11H2,1-4H3,(H2,23,24)/t19-/m0/s1. The first-order valence-electron chi connectivity index (χ1n) is 8.72. The summed E-state index contributed by atoms with van der Waals surface area (Å²) in [6.07, 6.45) is -0.188. The van der Waals surface area contributed by atoms with Crippen LogP contribution in [0.3, 0.4) is 0 Å². The van der Waals surface area contributed by atoms with Gasteiger partial charge in [0.25, 0.3) is 0 Å². The van der Waals surface area contributed by atoms with Crippen LogP contribution in [0, 0.1) is 5.41 Å². The maximum Gasteiger partial charge on any atom is 0.405 e. The summed E-state index contributed by atoms with van der Waals surface area (Å²) >= 11 is 6.28. The predicted molar refractivity (Wildman–Crippen MR) is 104 cm³/mol. The molecule has 0 unspecified atom stereocenters. The molecular formula is C21H24ClNO3. The minimum atomic E-state index is -0.745. The molecule has 0 aliphatic heterocycles. The summed E-state index contributed by atoms with van der Waals surface area (Å²) in [7, 11) is 0. The molecule has 1 amide bonds. The molecule has 0 heterocycles. The van der Waals surface area contributed by atoms with E-state index in [0.29, 0.717) is 5.02 Å². The molecule has 0 radical (unpaired) electrons. The number of ether oxygens (including phenoxy) is 2. The fraction of sp³-hybridized carbons (Fsp3) is 0.381. The highest BCUT2D eigenvalue weighted by Crippen LogP contribution is 2.48. The Bertz CT molecular complexity index is 845. The van der Waals surface area contributed by atoms with Gasteiger partial charge in [0.05, 0.1) is 6.10 Å². The van der Waals surface area contributed by atoms with Gasteiger partial charge in [-0.3, -0.25) is 0 Å². The molecule has 0 bridgehead atoms. The molecule has 4 nitrogen and oxygen atoms in total. The van der Waals surface area contributed by atoms with Crippen molar-refractivity contribution in [1.82, 2.24) is 0 Å². The number of fused-ring (bicyclic) bond motifs is 1. The second kappa shape index (κ2) is 6.84. The summed E-state index contributed by atoms with van der Waals surface area (Å²) in [5.74, 6) is 0.748. The normalized spacial score (nSPS) is 17.8. The van der Waals surface area contributed by atoms with Crippen LogP contribution in [0.2, 0.25) is 5.02 Å². The van der Waals surface area contributed by atoms with Gasteiger partial charge >= 0.3 is 6.09 Å². The second-order valence-corrected chi connectivity index (χ2v) is 8.17. The molecule has 2 aromatic rings. The van der Waals surface area contributed by atoms with Crippen molar-refractivity contribution in [3.63, 3.8) is 0 Å². The van der Waals surface area contributed by atoms with Crippen LogP contribution in [0.25, 0.3) is 11.1 Å². The number of benzene rings is 2. The van der Waals surface area contributed by atoms with Crippen LogP contribution in [0.4, 0.5) is 4.79 Å². The van der Waals surface area contributed by atoms with Crippen molar-refractivity contribution in [2.75, 3.05) is 0 Å². The number of amides is 1. The monoisotopic (exact) mass is 373 g/mol. The van der Waals surface area contributed by atoms with E-state index in [-0.39, 0.29) is 17.6 Å². The van der Waals surface area contributed by atoms with Gasteiger partial charge in [-0.25, -0.2) is 4.79 Å². The number of nitrogens with two attached hydrogens (primary N) is 1. The number of hydrogen-bond acceptors (Lipinski definition) is 3. The van der Waals surface area contributed by atoms with Gasteiger partial charge in [0.15, 0.2) is 0 Å². The second-order valence-electron chi connectivity index (χ2n) is 7.74. The van der Waals surface area contributed by atoms with Gasteiger partial charge in [0, 0.05) is 10.4 Å². The molecule has 0 aromatic heterocycles. The van der Waals surface area contributed by atoms with E-state index in [1.54, 1.807) is 0 Å². The Hall–Kier alpha value is -2.20. The SMILES string of the molecule is CC(C)Oc1cc(Cl)cc(-c2ccc3c(c2)CC(C)(C)[C@H]3OC(N)=O)c1. The van der Waals surface area contributed by atoms with Crippen molar-refractivity contribution in [1.29, 1.82) is 0 Å². The van der Waals surface area contributed by atoms with E-state index < -0.39 is 6.09 Å². The topological polar surface area (TPSA) is 61.6 Å². The molecule has 0 fully saturated rings. The summed E-state index contributed by atoms with van der Waals surface area (Å²) in [4.78, 5) is 11.3. The summed E-state index contributed by atoms with van der Waals surface area (Å²) in [6, 6.07) is 11.9. The Morgan fingerprint density at radius 3 is 2.58 bits per heavy atom. The van der Waals surface area contributed by atoms with Crippen molar-refractivity contribution >= 4 is 17.7 Å². The average molecular weight is 374 g/mol. The lowest BCUT2D eigenvalue weighted by Crippen LogP contribution is -2.25. The number of carbonyl (C=O) groups is 1. The summed E-state index contributed by atoms with van der Waals surface area (Å²) < 4.78 is 11.2. The van der Waals surface area contributed by atoms with E-state index in [0.717, 1.165) is 34.4 Å². The van der Waals surface area contributed by atoms with Crippen LogP contribution < -0.4 is 10.5 Å². The molecule has 2 N–H and O–H groups in total. The summed E-state index contributed by atoms with van der Waals surface area (Å²) in [6.45, 7) is 8.12. The summed E-state index contributed by atoms with van der Waals surface area (Å²) in [5, 5.41) is 0.633. The van der Waals surface area contributed by atoms with Crippen LogP contribution >= 0.6 is 11.6 Å². The lowest BCUT2D eigenvalue weighted by Gasteiger charge is -2.26. The van der Waals surface area contributed by atoms with Gasteiger partial charge in [-0.1, -0.05) is 43.6 Å². The molecule has 138 valence electrons. The van der Waals surface area contributed by atoms with E-state index in [1.165, 1.54) is 0 Å². The minimum Gasteiger partial charge on any atom is -0.491 e. The quantitative estimate of drug-likeness (QED) is 0.768. The van der Waals surface area contributed by atoms with Crippen molar-refractivity contribution in [3.05, 3.63) is 52.5 Å². The Morgan fingerprint density at radius 1 is 1.19 bits per heavy atom. The maximum atomic E-state index is 11.3. The smallest absolute Gasteiger partial charge is 0.405 e. The Kier molecular flexibility index (Phi) is 4.89. The molecule has 1 aliphatic rings. The van der Waals surface area contributed by atoms with Crippen LogP contribution in [0.5, 0.6) is 5.75 Å². The number of rotatable bonds is 4. The molecule has 0 saturated carbocycles. The summed E-state index contributed by atoms with van der Waals surface area (Å²) in [5.41, 5.74) is 9.27. The molecule has 26 heavy (non-hydrogen) atoms. The highest BCUT2D eigenvalue weighted by Gasteiger charge is 2.41. The largest absolute Gasteiger partial charge is 0.491 e. The lowest BCUT2D eigenvalue weighted by molar-refractivity contribution is 0.0392. The van der Waals surface area contributed by atoms with Crippen molar-refractivity contribution in [2.24, 2.45) is 11.1 Å². The van der Waals surface area contributed by atoms with E-state index in [2.05, 4.69) is 19.9 Å². The van der Waals surface area contributed by atoms with Crippen molar-refractivity contribution < 1.29 is 14.3 Å². The molecule has 2 aromatic carbocycles. The number of carbonyl (C=O) groups excluding carboxylic acids is 1. The Labute approximate surface area is 159 Å². The van der Waals surface area contributed by atoms with Gasteiger partial charge < -0.3 is 15.2 Å². The lowest BCUT2D eigenvalue weighted by atomic mass is 9.87. The van der Waals surface area contributed by atoms with Crippen molar-refractivity contribution in [2.45, 2.75) is 46.3 Å². The van der Waals surface area contributed by atoms with Gasteiger partial charge in [-0.15, -0.1) is 0 Å². The molecule has 0 spiro atoms. The van der Waals surface area contributed by atoms with Gasteiger partial charge in [-0.05, 0) is 60.7 Å². The maximum absolute atomic E-state index is 11.3. The fourth-order valence-electron chi connectivity index (χ4n) is 3.61. The number of halogens is 1. The van der Waals surface area contributed by atoms with E-state index in [4.69, 9.17) is 26.8 Å². The zero-order valence-electron chi connectivity index (χ0n) is 15.5. The van der Waals surface area contributed by atoms with Crippen LogP contribution in [-0.2, 0) is 11.2 Å². The van der Waals surface area contributed by atoms with Gasteiger partial charge in [0.2, 0.25) is 0 Å². The molecule has 1 aliphatic carbocycles. The van der Waals surface area contributed by atoms with Gasteiger partial charge in [-0.2, -0.15) is 0 Å². The first-order valence-corrected chi connectivity index (χ1v) is 9.10. The van der Waals surface area contributed by atoms with Crippen LogP contribution in [0.1, 0.15) is 44.9 Å². The van der Waals surface area contributed by atoms with E-state index in [1.807, 2.05) is 44.2 Å². The van der Waals surface area contributed by atoms with Crippen LogP contribution in [-0.4, -0.2) is 12.2 Å². The highest BCUT2D eigenvalue weighted by molar-refractivity contribution is 6.31. The van der Waals surface area contributed by atoms with E-state index in [9.17, 15) is 4.79 Å². The third-order valence-electron chi connectivity index (χ3n) is 4.59. The first kappa shape index (κ1) is 18.6. The third kappa shape index (κ3) is 3.80. The zero-order valence-corrected chi connectivity index (χ0v) is 16.3. The molecule has 5 heteroatoms. The molecule has 3 rings (SSSR count). The molecule has 0 saturated heterocycles. The van der Waals surface area contributed by atoms with Gasteiger partial charge in [0.1, 0.15) is 11.9 Å². The Morgan fingerprint density at radius 2 is 1.92 bits per heavy atom. The number of primary amides is 1. The molecule has 1 atom stereocenters.